The molecule has 1 aromatic carbocycles. The molecule has 0 aliphatic carbocycles. The first kappa shape index (κ1) is 9.85. The predicted octanol–water partition coefficient (Wildman–Crippen LogP) is 2.84. The van der Waals surface area contributed by atoms with E-state index in [9.17, 15) is 14.5 Å². The summed E-state index contributed by atoms with van der Waals surface area (Å²) in [5.41, 5.74) is 0.456. The van der Waals surface area contributed by atoms with Crippen LogP contribution in [-0.4, -0.2) is 4.92 Å². The lowest BCUT2D eigenvalue weighted by atomic mass is 10.2. The lowest BCUT2D eigenvalue weighted by Crippen LogP contribution is -1.83. The van der Waals surface area contributed by atoms with Gasteiger partial charge in [-0.05, 0) is 33.6 Å². The van der Waals surface area contributed by atoms with Gasteiger partial charge < -0.3 is 0 Å². The van der Waals surface area contributed by atoms with Crippen molar-refractivity contribution in [2.75, 3.05) is 0 Å². The van der Waals surface area contributed by atoms with Crippen LogP contribution in [-0.2, 0) is 0 Å². The Bertz CT molecular complexity index is 365. The number of nitrogens with zero attached hydrogens (tertiary/aromatic N) is 1. The molecule has 0 radical (unpaired) electrons. The third-order valence-corrected chi connectivity index (χ3v) is 1.98. The third kappa shape index (κ3) is 2.95. The minimum absolute atomic E-state index is 0.339. The second-order valence-corrected chi connectivity index (χ2v) is 3.13. The average molecular weight is 246 g/mol. The minimum Gasteiger partial charge on any atom is -0.259 e. The monoisotopic (exact) mass is 245 g/mol. The molecule has 0 amide bonds. The van der Waals surface area contributed by atoms with E-state index in [0.29, 0.717) is 10.0 Å². The summed E-state index contributed by atoms with van der Waals surface area (Å²) in [5.74, 6) is -0.439. The van der Waals surface area contributed by atoms with Crippen molar-refractivity contribution in [1.29, 1.82) is 0 Å². The zero-order valence-electron chi connectivity index (χ0n) is 6.41. The van der Waals surface area contributed by atoms with Gasteiger partial charge in [-0.25, -0.2) is 4.39 Å². The second-order valence-electron chi connectivity index (χ2n) is 2.27. The van der Waals surface area contributed by atoms with Crippen molar-refractivity contribution in [1.82, 2.24) is 0 Å². The average Bonchev–Trinajstić information content (AvgIpc) is 2.07. The van der Waals surface area contributed by atoms with E-state index in [1.807, 2.05) is 0 Å². The molecule has 0 saturated heterocycles. The van der Waals surface area contributed by atoms with Crippen molar-refractivity contribution in [2.24, 2.45) is 0 Å². The first-order chi connectivity index (χ1) is 6.09. The first-order valence-corrected chi connectivity index (χ1v) is 4.15. The maximum atomic E-state index is 12.9. The number of halogens is 2. The van der Waals surface area contributed by atoms with Gasteiger partial charge in [0.05, 0.1) is 9.40 Å². The summed E-state index contributed by atoms with van der Waals surface area (Å²) in [6, 6.07) is 4.28. The van der Waals surface area contributed by atoms with Crippen molar-refractivity contribution >= 4 is 22.0 Å². The fourth-order valence-corrected chi connectivity index (χ4v) is 1.01. The molecule has 0 spiro atoms. The molecule has 0 aliphatic heterocycles. The molecule has 5 heteroatoms. The smallest absolute Gasteiger partial charge is 0.235 e. The fraction of sp³-hybridized carbons (Fsp3) is 0. The van der Waals surface area contributed by atoms with Gasteiger partial charge in [-0.15, -0.1) is 0 Å². The maximum Gasteiger partial charge on any atom is 0.235 e. The van der Waals surface area contributed by atoms with Crippen LogP contribution >= 0.6 is 15.9 Å². The van der Waals surface area contributed by atoms with Gasteiger partial charge in [0.15, 0.2) is 0 Å². The number of hydrogen-bond donors (Lipinski definition) is 0. The molecule has 3 nitrogen and oxygen atoms in total. The van der Waals surface area contributed by atoms with Crippen molar-refractivity contribution < 1.29 is 9.31 Å². The highest BCUT2D eigenvalue weighted by Crippen LogP contribution is 2.16. The molecule has 0 heterocycles. The van der Waals surface area contributed by atoms with E-state index in [1.54, 1.807) is 6.07 Å². The zero-order valence-corrected chi connectivity index (χ0v) is 7.99. The Labute approximate surface area is 82.2 Å². The van der Waals surface area contributed by atoms with E-state index in [0.717, 1.165) is 6.20 Å². The molecule has 1 rings (SSSR count). The Morgan fingerprint density at radius 3 is 2.77 bits per heavy atom. The molecule has 0 fully saturated rings. The van der Waals surface area contributed by atoms with E-state index < -0.39 is 10.7 Å². The Morgan fingerprint density at radius 2 is 2.23 bits per heavy atom. The molecule has 0 aromatic heterocycles. The Hall–Kier alpha value is -1.23. The molecule has 13 heavy (non-hydrogen) atoms. The summed E-state index contributed by atoms with van der Waals surface area (Å²) in [5, 5.41) is 9.94. The van der Waals surface area contributed by atoms with Gasteiger partial charge >= 0.3 is 0 Å². The number of nitro groups is 1. The normalized spacial score (nSPS) is 10.6. The highest BCUT2D eigenvalue weighted by Gasteiger charge is 1.98. The quantitative estimate of drug-likeness (QED) is 0.594. The molecule has 0 saturated carbocycles. The van der Waals surface area contributed by atoms with Gasteiger partial charge in [-0.3, -0.25) is 10.1 Å². The van der Waals surface area contributed by atoms with Crippen LogP contribution in [0.4, 0.5) is 4.39 Å². The Kier molecular flexibility index (Phi) is 3.13. The van der Waals surface area contributed by atoms with Crippen LogP contribution < -0.4 is 0 Å². The molecule has 0 aliphatic rings. The van der Waals surface area contributed by atoms with E-state index in [-0.39, 0.29) is 0 Å². The van der Waals surface area contributed by atoms with Crippen LogP contribution in [0, 0.1) is 15.9 Å². The van der Waals surface area contributed by atoms with Gasteiger partial charge in [-0.2, -0.15) is 0 Å². The summed E-state index contributed by atoms with van der Waals surface area (Å²) >= 11 is 2.98. The van der Waals surface area contributed by atoms with Crippen LogP contribution in [0.15, 0.2) is 28.9 Å². The lowest BCUT2D eigenvalue weighted by molar-refractivity contribution is -0.400. The van der Waals surface area contributed by atoms with Gasteiger partial charge in [0.25, 0.3) is 0 Å². The van der Waals surface area contributed by atoms with E-state index in [2.05, 4.69) is 15.9 Å². The summed E-state index contributed by atoms with van der Waals surface area (Å²) in [6.07, 6.45) is 2.00. The summed E-state index contributed by atoms with van der Waals surface area (Å²) in [6.45, 7) is 0. The summed E-state index contributed by atoms with van der Waals surface area (Å²) in [7, 11) is 0. The number of hydrogen-bond acceptors (Lipinski definition) is 2. The molecule has 0 N–H and O–H groups in total. The van der Waals surface area contributed by atoms with Crippen LogP contribution in [0.1, 0.15) is 5.56 Å². The molecule has 0 unspecified atom stereocenters. The fourth-order valence-electron chi connectivity index (χ4n) is 0.763. The summed E-state index contributed by atoms with van der Waals surface area (Å²) in [4.78, 5) is 9.34. The molecular formula is C8H5BrFNO2. The zero-order chi connectivity index (χ0) is 9.84. The van der Waals surface area contributed by atoms with Crippen molar-refractivity contribution in [3.8, 4) is 0 Å². The second kappa shape index (κ2) is 4.13. The van der Waals surface area contributed by atoms with Crippen molar-refractivity contribution in [3.63, 3.8) is 0 Å². The Morgan fingerprint density at radius 1 is 1.54 bits per heavy atom. The van der Waals surface area contributed by atoms with E-state index in [4.69, 9.17) is 0 Å². The molecule has 68 valence electrons. The van der Waals surface area contributed by atoms with Crippen LogP contribution in [0.25, 0.3) is 6.08 Å². The topological polar surface area (TPSA) is 43.1 Å². The molecule has 0 atom stereocenters. The van der Waals surface area contributed by atoms with Gasteiger partial charge in [0, 0.05) is 6.08 Å². The van der Waals surface area contributed by atoms with Gasteiger partial charge in [-0.1, -0.05) is 6.07 Å². The summed E-state index contributed by atoms with van der Waals surface area (Å²) < 4.78 is 13.2. The highest BCUT2D eigenvalue weighted by atomic mass is 79.9. The van der Waals surface area contributed by atoms with Crippen LogP contribution in [0.2, 0.25) is 0 Å². The number of rotatable bonds is 2. The largest absolute Gasteiger partial charge is 0.259 e. The third-order valence-electron chi connectivity index (χ3n) is 1.33. The molecular weight excluding hydrogens is 241 g/mol. The SMILES string of the molecule is O=[N+]([O-])/C=C/c1ccc(Br)c(F)c1. The predicted molar refractivity (Wildman–Crippen MR) is 50.1 cm³/mol. The highest BCUT2D eigenvalue weighted by molar-refractivity contribution is 9.10. The van der Waals surface area contributed by atoms with Crippen molar-refractivity contribution in [3.05, 3.63) is 50.4 Å². The van der Waals surface area contributed by atoms with Gasteiger partial charge in [0.1, 0.15) is 5.82 Å². The lowest BCUT2D eigenvalue weighted by Gasteiger charge is -1.94. The van der Waals surface area contributed by atoms with Crippen molar-refractivity contribution in [2.45, 2.75) is 0 Å². The Balaban J connectivity index is 2.92. The van der Waals surface area contributed by atoms with Crippen LogP contribution in [0.3, 0.4) is 0 Å². The maximum absolute atomic E-state index is 12.9. The first-order valence-electron chi connectivity index (χ1n) is 3.36. The van der Waals surface area contributed by atoms with E-state index in [1.165, 1.54) is 18.2 Å². The minimum atomic E-state index is -0.597. The molecule has 1 aromatic rings. The standard InChI is InChI=1S/C8H5BrFNO2/c9-7-2-1-6(5-8(7)10)3-4-11(12)13/h1-5H/b4-3+. The van der Waals surface area contributed by atoms with Crippen LogP contribution in [0.5, 0.6) is 0 Å². The van der Waals surface area contributed by atoms with Gasteiger partial charge in [0.2, 0.25) is 6.20 Å². The molecule has 0 bridgehead atoms. The van der Waals surface area contributed by atoms with E-state index >= 15 is 0 Å². The number of benzene rings is 1.